The van der Waals surface area contributed by atoms with Gasteiger partial charge in [-0.05, 0) is 31.0 Å². The molecule has 4 heteroatoms. The predicted molar refractivity (Wildman–Crippen MR) is 76.5 cm³/mol. The molecule has 0 unspecified atom stereocenters. The molecule has 0 heterocycles. The zero-order valence-electron chi connectivity index (χ0n) is 12.1. The second-order valence-corrected chi connectivity index (χ2v) is 5.30. The molecule has 0 saturated heterocycles. The summed E-state index contributed by atoms with van der Waals surface area (Å²) in [5.74, 6) is 0.534. The van der Waals surface area contributed by atoms with Gasteiger partial charge >= 0.3 is 0 Å². The van der Waals surface area contributed by atoms with Crippen molar-refractivity contribution in [3.63, 3.8) is 0 Å². The number of nitrogens with zero attached hydrogens (tertiary/aromatic N) is 2. The van der Waals surface area contributed by atoms with Crippen LogP contribution >= 0.6 is 0 Å². The molecule has 1 aliphatic rings. The number of nitriles is 1. The molecule has 0 spiro atoms. The first-order chi connectivity index (χ1) is 9.63. The smallest absolute Gasteiger partial charge is 0.255 e. The number of hydrogen-bond acceptors (Lipinski definition) is 3. The SMILES string of the molecule is COc1cccc(C(=O)N(C)C2(C#N)CCCCC2)c1. The molecule has 4 nitrogen and oxygen atoms in total. The molecule has 0 radical (unpaired) electrons. The number of rotatable bonds is 3. The summed E-state index contributed by atoms with van der Waals surface area (Å²) in [5, 5.41) is 9.54. The fourth-order valence-corrected chi connectivity index (χ4v) is 2.80. The van der Waals surface area contributed by atoms with Gasteiger partial charge in [-0.15, -0.1) is 0 Å². The number of amides is 1. The largest absolute Gasteiger partial charge is 0.497 e. The average molecular weight is 272 g/mol. The van der Waals surface area contributed by atoms with Crippen molar-refractivity contribution in [2.24, 2.45) is 0 Å². The Morgan fingerprint density at radius 2 is 2.05 bits per heavy atom. The maximum absolute atomic E-state index is 12.6. The molecule has 0 bridgehead atoms. The Labute approximate surface area is 120 Å². The van der Waals surface area contributed by atoms with Gasteiger partial charge in [0.1, 0.15) is 11.3 Å². The molecular formula is C16H20N2O2. The molecule has 20 heavy (non-hydrogen) atoms. The second kappa shape index (κ2) is 5.96. The lowest BCUT2D eigenvalue weighted by molar-refractivity contribution is 0.0588. The topological polar surface area (TPSA) is 53.3 Å². The van der Waals surface area contributed by atoms with Crippen LogP contribution in [0.2, 0.25) is 0 Å². The van der Waals surface area contributed by atoms with E-state index in [1.54, 1.807) is 43.3 Å². The maximum Gasteiger partial charge on any atom is 0.255 e. The van der Waals surface area contributed by atoms with Crippen molar-refractivity contribution < 1.29 is 9.53 Å². The molecule has 2 rings (SSSR count). The first kappa shape index (κ1) is 14.4. The molecule has 1 fully saturated rings. The van der Waals surface area contributed by atoms with E-state index in [9.17, 15) is 10.1 Å². The summed E-state index contributed by atoms with van der Waals surface area (Å²) in [6.45, 7) is 0. The molecule has 0 atom stereocenters. The Balaban J connectivity index is 2.25. The van der Waals surface area contributed by atoms with Crippen LogP contribution in [0, 0.1) is 11.3 Å². The van der Waals surface area contributed by atoms with Gasteiger partial charge in [0.25, 0.3) is 5.91 Å². The summed E-state index contributed by atoms with van der Waals surface area (Å²) in [5.41, 5.74) is -0.0923. The van der Waals surface area contributed by atoms with E-state index < -0.39 is 5.54 Å². The van der Waals surface area contributed by atoms with Crippen molar-refractivity contribution in [2.75, 3.05) is 14.2 Å². The number of benzene rings is 1. The van der Waals surface area contributed by atoms with E-state index in [-0.39, 0.29) is 5.91 Å². The average Bonchev–Trinajstić information content (AvgIpc) is 2.54. The minimum Gasteiger partial charge on any atom is -0.497 e. The number of carbonyl (C=O) groups excluding carboxylic acids is 1. The first-order valence-electron chi connectivity index (χ1n) is 6.96. The van der Waals surface area contributed by atoms with Gasteiger partial charge < -0.3 is 9.64 Å². The summed E-state index contributed by atoms with van der Waals surface area (Å²) >= 11 is 0. The highest BCUT2D eigenvalue weighted by Crippen LogP contribution is 2.33. The summed E-state index contributed by atoms with van der Waals surface area (Å²) in [7, 11) is 3.31. The van der Waals surface area contributed by atoms with Gasteiger partial charge in [-0.2, -0.15) is 5.26 Å². The molecule has 0 aromatic heterocycles. The van der Waals surface area contributed by atoms with Crippen LogP contribution in [0.5, 0.6) is 5.75 Å². The lowest BCUT2D eigenvalue weighted by Crippen LogP contribution is -2.49. The van der Waals surface area contributed by atoms with Gasteiger partial charge in [0.15, 0.2) is 0 Å². The van der Waals surface area contributed by atoms with Crippen LogP contribution in [-0.2, 0) is 0 Å². The molecule has 1 aromatic rings. The number of ether oxygens (including phenoxy) is 1. The van der Waals surface area contributed by atoms with Crippen LogP contribution < -0.4 is 4.74 Å². The monoisotopic (exact) mass is 272 g/mol. The summed E-state index contributed by atoms with van der Waals surface area (Å²) in [6.07, 6.45) is 4.67. The molecule has 0 aliphatic heterocycles. The van der Waals surface area contributed by atoms with Gasteiger partial charge in [0, 0.05) is 12.6 Å². The Kier molecular flexibility index (Phi) is 4.29. The van der Waals surface area contributed by atoms with E-state index >= 15 is 0 Å². The third-order valence-corrected chi connectivity index (χ3v) is 4.15. The van der Waals surface area contributed by atoms with Crippen LogP contribution in [0.25, 0.3) is 0 Å². The normalized spacial score (nSPS) is 17.1. The fraction of sp³-hybridized carbons (Fsp3) is 0.500. The van der Waals surface area contributed by atoms with E-state index in [1.807, 2.05) is 0 Å². The highest BCUT2D eigenvalue weighted by molar-refractivity contribution is 5.95. The van der Waals surface area contributed by atoms with Crippen LogP contribution in [0.3, 0.4) is 0 Å². The summed E-state index contributed by atoms with van der Waals surface area (Å²) in [6, 6.07) is 9.44. The van der Waals surface area contributed by atoms with Gasteiger partial charge in [-0.3, -0.25) is 4.79 Å². The second-order valence-electron chi connectivity index (χ2n) is 5.30. The van der Waals surface area contributed by atoms with Crippen molar-refractivity contribution in [3.05, 3.63) is 29.8 Å². The van der Waals surface area contributed by atoms with Gasteiger partial charge in [0.05, 0.1) is 13.2 Å². The van der Waals surface area contributed by atoms with Crippen LogP contribution in [0.1, 0.15) is 42.5 Å². The van der Waals surface area contributed by atoms with E-state index in [0.29, 0.717) is 11.3 Å². The quantitative estimate of drug-likeness (QED) is 0.850. The van der Waals surface area contributed by atoms with Crippen LogP contribution in [-0.4, -0.2) is 30.5 Å². The van der Waals surface area contributed by atoms with Crippen molar-refractivity contribution in [2.45, 2.75) is 37.6 Å². The Bertz CT molecular complexity index is 528. The standard InChI is InChI=1S/C16H20N2O2/c1-18(16(12-17)9-4-3-5-10-16)15(19)13-7-6-8-14(11-13)20-2/h6-8,11H,3-5,9-10H2,1-2H3. The zero-order valence-corrected chi connectivity index (χ0v) is 12.1. The molecule has 0 N–H and O–H groups in total. The summed E-state index contributed by atoms with van der Waals surface area (Å²) in [4.78, 5) is 14.2. The van der Waals surface area contributed by atoms with E-state index in [1.165, 1.54) is 0 Å². The van der Waals surface area contributed by atoms with Crippen LogP contribution in [0.4, 0.5) is 0 Å². The number of carbonyl (C=O) groups is 1. The lowest BCUT2D eigenvalue weighted by Gasteiger charge is -2.39. The zero-order chi connectivity index (χ0) is 14.6. The highest BCUT2D eigenvalue weighted by atomic mass is 16.5. The van der Waals surface area contributed by atoms with E-state index in [4.69, 9.17) is 4.74 Å². The van der Waals surface area contributed by atoms with Gasteiger partial charge in [-0.1, -0.05) is 25.3 Å². The maximum atomic E-state index is 12.6. The van der Waals surface area contributed by atoms with E-state index in [2.05, 4.69) is 6.07 Å². The van der Waals surface area contributed by atoms with Crippen molar-refractivity contribution in [1.29, 1.82) is 5.26 Å². The van der Waals surface area contributed by atoms with Gasteiger partial charge in [-0.25, -0.2) is 0 Å². The molecular weight excluding hydrogens is 252 g/mol. The summed E-state index contributed by atoms with van der Waals surface area (Å²) < 4.78 is 5.15. The Morgan fingerprint density at radius 3 is 2.65 bits per heavy atom. The molecule has 1 aliphatic carbocycles. The molecule has 106 valence electrons. The lowest BCUT2D eigenvalue weighted by atomic mass is 9.81. The van der Waals surface area contributed by atoms with Crippen molar-refractivity contribution in [3.8, 4) is 11.8 Å². The third-order valence-electron chi connectivity index (χ3n) is 4.15. The number of methoxy groups -OCH3 is 1. The predicted octanol–water partition coefficient (Wildman–Crippen LogP) is 2.99. The number of hydrogen-bond donors (Lipinski definition) is 0. The van der Waals surface area contributed by atoms with E-state index in [0.717, 1.165) is 32.1 Å². The Morgan fingerprint density at radius 1 is 1.35 bits per heavy atom. The minimum atomic E-state index is -0.654. The first-order valence-corrected chi connectivity index (χ1v) is 6.96. The highest BCUT2D eigenvalue weighted by Gasteiger charge is 2.39. The van der Waals surface area contributed by atoms with Crippen molar-refractivity contribution >= 4 is 5.91 Å². The fourth-order valence-electron chi connectivity index (χ4n) is 2.80. The molecule has 1 aromatic carbocycles. The molecule has 1 saturated carbocycles. The third kappa shape index (κ3) is 2.62. The molecule has 1 amide bonds. The minimum absolute atomic E-state index is 0.118. The van der Waals surface area contributed by atoms with Crippen molar-refractivity contribution in [1.82, 2.24) is 4.90 Å². The van der Waals surface area contributed by atoms with Crippen LogP contribution in [0.15, 0.2) is 24.3 Å². The Hall–Kier alpha value is -2.02. The van der Waals surface area contributed by atoms with Gasteiger partial charge in [0.2, 0.25) is 0 Å².